The third-order valence-corrected chi connectivity index (χ3v) is 4.81. The number of nitrogens with zero attached hydrogens (tertiary/aromatic N) is 3. The van der Waals surface area contributed by atoms with Crippen molar-refractivity contribution >= 4 is 15.8 Å². The molecule has 130 valence electrons. The Labute approximate surface area is 135 Å². The molecule has 7 nitrogen and oxygen atoms in total. The van der Waals surface area contributed by atoms with Crippen LogP contribution in [0.5, 0.6) is 0 Å². The van der Waals surface area contributed by atoms with Crippen LogP contribution in [0, 0.1) is 0 Å². The van der Waals surface area contributed by atoms with E-state index in [1.807, 2.05) is 0 Å². The number of carbonyl (C=O) groups excluding carboxylic acids is 1. The largest absolute Gasteiger partial charge is 0.464 e. The maximum Gasteiger partial charge on any atom is 0.435 e. The molecule has 0 aliphatic carbocycles. The van der Waals surface area contributed by atoms with Crippen LogP contribution in [0.25, 0.3) is 5.82 Å². The molecule has 0 saturated heterocycles. The molecular weight excluding hydrogens is 351 g/mol. The first kappa shape index (κ1) is 17.9. The summed E-state index contributed by atoms with van der Waals surface area (Å²) in [6, 6.07) is 2.97. The summed E-state index contributed by atoms with van der Waals surface area (Å²) < 4.78 is 67.1. The molecule has 2 rings (SSSR count). The molecule has 0 amide bonds. The fourth-order valence-corrected chi connectivity index (χ4v) is 2.83. The van der Waals surface area contributed by atoms with Crippen LogP contribution in [0.15, 0.2) is 29.3 Å². The quantitative estimate of drug-likeness (QED) is 0.770. The lowest BCUT2D eigenvalue weighted by Gasteiger charge is -2.09. The molecule has 2 heterocycles. The Morgan fingerprint density at radius 2 is 1.96 bits per heavy atom. The molecule has 0 aliphatic rings. The fourth-order valence-electron chi connectivity index (χ4n) is 1.82. The highest BCUT2D eigenvalue weighted by molar-refractivity contribution is 7.91. The summed E-state index contributed by atoms with van der Waals surface area (Å²) in [5.41, 5.74) is -1.66. The van der Waals surface area contributed by atoms with Crippen molar-refractivity contribution in [2.24, 2.45) is 0 Å². The Morgan fingerprint density at radius 3 is 2.46 bits per heavy atom. The van der Waals surface area contributed by atoms with E-state index in [-0.39, 0.29) is 16.5 Å². The number of hydrogen-bond acceptors (Lipinski definition) is 6. The minimum Gasteiger partial charge on any atom is -0.464 e. The normalized spacial score (nSPS) is 12.2. The van der Waals surface area contributed by atoms with Crippen molar-refractivity contribution in [1.29, 1.82) is 0 Å². The van der Waals surface area contributed by atoms with Crippen molar-refractivity contribution in [3.63, 3.8) is 0 Å². The van der Waals surface area contributed by atoms with Gasteiger partial charge in [-0.2, -0.15) is 18.3 Å². The SMILES string of the molecule is CCS(=O)(=O)c1ccc(-n2ccc(C(F)(F)F)n2)nc1C(=O)OC. The molecule has 0 atom stereocenters. The first-order valence-electron chi connectivity index (χ1n) is 6.55. The number of halogens is 3. The second kappa shape index (κ2) is 6.23. The predicted octanol–water partition coefficient (Wildman–Crippen LogP) is 1.87. The summed E-state index contributed by atoms with van der Waals surface area (Å²) in [5, 5.41) is 3.32. The highest BCUT2D eigenvalue weighted by Gasteiger charge is 2.34. The number of aromatic nitrogens is 3. The van der Waals surface area contributed by atoms with E-state index < -0.39 is 33.4 Å². The summed E-state index contributed by atoms with van der Waals surface area (Å²) in [4.78, 5) is 15.2. The van der Waals surface area contributed by atoms with Gasteiger partial charge in [-0.3, -0.25) is 0 Å². The molecule has 2 aromatic heterocycles. The first-order valence-corrected chi connectivity index (χ1v) is 8.20. The van der Waals surface area contributed by atoms with Gasteiger partial charge in [-0.1, -0.05) is 6.92 Å². The molecule has 0 spiro atoms. The number of alkyl halides is 3. The number of carbonyl (C=O) groups is 1. The van der Waals surface area contributed by atoms with Crippen molar-refractivity contribution in [2.45, 2.75) is 18.0 Å². The van der Waals surface area contributed by atoms with Gasteiger partial charge in [0.15, 0.2) is 27.0 Å². The standard InChI is InChI=1S/C13H12F3N3O4S/c1-3-24(21,22)8-4-5-10(17-11(8)12(20)23-2)19-7-6-9(18-19)13(14,15)16/h4-7H,3H2,1-2H3. The second-order valence-corrected chi connectivity index (χ2v) is 6.80. The van der Waals surface area contributed by atoms with Gasteiger partial charge in [-0.25, -0.2) is 22.9 Å². The van der Waals surface area contributed by atoms with E-state index in [9.17, 15) is 26.4 Å². The topological polar surface area (TPSA) is 91.1 Å². The third kappa shape index (κ3) is 3.40. The number of esters is 1. The molecule has 2 aromatic rings. The summed E-state index contributed by atoms with van der Waals surface area (Å²) in [5.74, 6) is -1.45. The smallest absolute Gasteiger partial charge is 0.435 e. The van der Waals surface area contributed by atoms with E-state index in [4.69, 9.17) is 0 Å². The number of methoxy groups -OCH3 is 1. The van der Waals surface area contributed by atoms with Crippen molar-refractivity contribution < 1.29 is 31.1 Å². The zero-order chi connectivity index (χ0) is 18.1. The Hall–Kier alpha value is -2.43. The van der Waals surface area contributed by atoms with Crippen LogP contribution in [0.2, 0.25) is 0 Å². The van der Waals surface area contributed by atoms with Gasteiger partial charge in [0.05, 0.1) is 12.9 Å². The highest BCUT2D eigenvalue weighted by atomic mass is 32.2. The molecular formula is C13H12F3N3O4S. The van der Waals surface area contributed by atoms with Crippen LogP contribution in [-0.4, -0.2) is 42.0 Å². The van der Waals surface area contributed by atoms with E-state index in [2.05, 4.69) is 14.8 Å². The van der Waals surface area contributed by atoms with Gasteiger partial charge in [0.1, 0.15) is 4.90 Å². The minimum atomic E-state index is -4.64. The molecule has 0 aromatic carbocycles. The van der Waals surface area contributed by atoms with Crippen LogP contribution in [0.4, 0.5) is 13.2 Å². The first-order chi connectivity index (χ1) is 11.1. The molecule has 11 heteroatoms. The maximum absolute atomic E-state index is 12.6. The molecule has 0 N–H and O–H groups in total. The molecule has 0 fully saturated rings. The zero-order valence-electron chi connectivity index (χ0n) is 12.5. The monoisotopic (exact) mass is 363 g/mol. The van der Waals surface area contributed by atoms with Crippen LogP contribution in [0.1, 0.15) is 23.1 Å². The number of ether oxygens (including phenoxy) is 1. The molecule has 0 unspecified atom stereocenters. The average molecular weight is 363 g/mol. The molecule has 0 radical (unpaired) electrons. The van der Waals surface area contributed by atoms with E-state index in [0.29, 0.717) is 0 Å². The van der Waals surface area contributed by atoms with Gasteiger partial charge in [-0.15, -0.1) is 0 Å². The van der Waals surface area contributed by atoms with Crippen LogP contribution < -0.4 is 0 Å². The summed E-state index contributed by atoms with van der Waals surface area (Å²) in [7, 11) is -2.74. The molecule has 0 saturated carbocycles. The van der Waals surface area contributed by atoms with E-state index in [0.717, 1.165) is 36.2 Å². The van der Waals surface area contributed by atoms with Gasteiger partial charge in [0, 0.05) is 6.20 Å². The lowest BCUT2D eigenvalue weighted by atomic mass is 10.3. The van der Waals surface area contributed by atoms with Gasteiger partial charge in [0.2, 0.25) is 0 Å². The summed E-state index contributed by atoms with van der Waals surface area (Å²) >= 11 is 0. The summed E-state index contributed by atoms with van der Waals surface area (Å²) in [6.45, 7) is 1.38. The van der Waals surface area contributed by atoms with Gasteiger partial charge in [-0.05, 0) is 18.2 Å². The van der Waals surface area contributed by atoms with Crippen molar-refractivity contribution in [1.82, 2.24) is 14.8 Å². The van der Waals surface area contributed by atoms with Gasteiger partial charge < -0.3 is 4.74 Å². The summed E-state index contributed by atoms with van der Waals surface area (Å²) in [6.07, 6.45) is -3.64. The highest BCUT2D eigenvalue weighted by Crippen LogP contribution is 2.28. The molecule has 0 aliphatic heterocycles. The van der Waals surface area contributed by atoms with Crippen LogP contribution in [-0.2, 0) is 20.8 Å². The average Bonchev–Trinajstić information content (AvgIpc) is 3.03. The lowest BCUT2D eigenvalue weighted by Crippen LogP contribution is -2.16. The van der Waals surface area contributed by atoms with Crippen LogP contribution >= 0.6 is 0 Å². The maximum atomic E-state index is 12.6. The number of rotatable bonds is 4. The number of pyridine rings is 1. The minimum absolute atomic E-state index is 0.152. The zero-order valence-corrected chi connectivity index (χ0v) is 13.3. The van der Waals surface area contributed by atoms with E-state index in [1.54, 1.807) is 0 Å². The van der Waals surface area contributed by atoms with Crippen molar-refractivity contribution in [2.75, 3.05) is 12.9 Å². The van der Waals surface area contributed by atoms with Crippen LogP contribution in [0.3, 0.4) is 0 Å². The Bertz CT molecular complexity index is 875. The Balaban J connectivity index is 2.59. The number of hydrogen-bond donors (Lipinski definition) is 0. The third-order valence-electron chi connectivity index (χ3n) is 3.05. The molecule has 24 heavy (non-hydrogen) atoms. The van der Waals surface area contributed by atoms with Gasteiger partial charge in [0.25, 0.3) is 0 Å². The fraction of sp³-hybridized carbons (Fsp3) is 0.308. The lowest BCUT2D eigenvalue weighted by molar-refractivity contribution is -0.141. The predicted molar refractivity (Wildman–Crippen MR) is 75.4 cm³/mol. The Kier molecular flexibility index (Phi) is 4.65. The molecule has 0 bridgehead atoms. The Morgan fingerprint density at radius 1 is 1.29 bits per heavy atom. The van der Waals surface area contributed by atoms with Gasteiger partial charge >= 0.3 is 12.1 Å². The van der Waals surface area contributed by atoms with E-state index in [1.165, 1.54) is 6.92 Å². The van der Waals surface area contributed by atoms with Crippen molar-refractivity contribution in [3.05, 3.63) is 35.8 Å². The second-order valence-electron chi connectivity index (χ2n) is 4.55. The number of sulfone groups is 1. The van der Waals surface area contributed by atoms with Crippen molar-refractivity contribution in [3.8, 4) is 5.82 Å². The van der Waals surface area contributed by atoms with E-state index >= 15 is 0 Å².